The molecule has 6 aromatic carbocycles. The van der Waals surface area contributed by atoms with Gasteiger partial charge in [-0.25, -0.2) is 4.98 Å². The molecule has 45 heavy (non-hydrogen) atoms. The SMILES string of the molecule is CCn1c(-c2cccc(N3c4ccccc4-c4ccc5ccn(-c6ccccc6)c5c4-c4ccccc43)c2)nc2ccccc21. The largest absolute Gasteiger partial charge is 0.324 e. The molecule has 4 heteroatoms. The fourth-order valence-corrected chi connectivity index (χ4v) is 7.12. The summed E-state index contributed by atoms with van der Waals surface area (Å²) in [5.74, 6) is 0.989. The molecule has 0 atom stereocenters. The van der Waals surface area contributed by atoms with Gasteiger partial charge in [-0.1, -0.05) is 91.0 Å². The summed E-state index contributed by atoms with van der Waals surface area (Å²) in [4.78, 5) is 7.51. The number of hydrogen-bond donors (Lipinski definition) is 0. The summed E-state index contributed by atoms with van der Waals surface area (Å²) in [6.07, 6.45) is 2.20. The maximum atomic E-state index is 5.09. The number of fused-ring (bicyclic) bond motifs is 8. The first-order chi connectivity index (χ1) is 22.3. The van der Waals surface area contributed by atoms with E-state index in [0.29, 0.717) is 0 Å². The number of benzene rings is 6. The van der Waals surface area contributed by atoms with E-state index in [1.54, 1.807) is 0 Å². The molecule has 3 heterocycles. The molecule has 0 amide bonds. The monoisotopic (exact) mass is 578 g/mol. The molecule has 0 saturated heterocycles. The zero-order valence-electron chi connectivity index (χ0n) is 24.9. The number of para-hydroxylation sites is 5. The average molecular weight is 579 g/mol. The molecule has 0 bridgehead atoms. The molecule has 9 rings (SSSR count). The van der Waals surface area contributed by atoms with Crippen LogP contribution in [0.3, 0.4) is 0 Å². The maximum absolute atomic E-state index is 5.09. The van der Waals surface area contributed by atoms with Gasteiger partial charge in [0, 0.05) is 51.8 Å². The molecule has 0 radical (unpaired) electrons. The van der Waals surface area contributed by atoms with Crippen molar-refractivity contribution in [3.63, 3.8) is 0 Å². The van der Waals surface area contributed by atoms with Crippen molar-refractivity contribution in [1.82, 2.24) is 14.1 Å². The summed E-state index contributed by atoms with van der Waals surface area (Å²) in [6.45, 7) is 3.04. The molecule has 214 valence electrons. The van der Waals surface area contributed by atoms with Gasteiger partial charge in [-0.05, 0) is 67.1 Å². The Kier molecular flexibility index (Phi) is 5.75. The van der Waals surface area contributed by atoms with Crippen LogP contribution in [0.15, 0.2) is 152 Å². The number of aryl methyl sites for hydroxylation is 1. The molecular weight excluding hydrogens is 548 g/mol. The third-order valence-corrected chi connectivity index (χ3v) is 9.07. The normalized spacial score (nSPS) is 12.2. The van der Waals surface area contributed by atoms with Crippen LogP contribution in [0, 0.1) is 0 Å². The van der Waals surface area contributed by atoms with Gasteiger partial charge in [0.15, 0.2) is 0 Å². The van der Waals surface area contributed by atoms with E-state index in [2.05, 4.69) is 173 Å². The summed E-state index contributed by atoms with van der Waals surface area (Å²) in [6, 6.07) is 52.3. The van der Waals surface area contributed by atoms with E-state index in [4.69, 9.17) is 4.98 Å². The lowest BCUT2D eigenvalue weighted by Crippen LogP contribution is -2.11. The van der Waals surface area contributed by atoms with Gasteiger partial charge in [0.2, 0.25) is 0 Å². The van der Waals surface area contributed by atoms with Crippen LogP contribution < -0.4 is 4.90 Å². The summed E-state index contributed by atoms with van der Waals surface area (Å²) in [5, 5.41) is 1.22. The minimum Gasteiger partial charge on any atom is -0.324 e. The van der Waals surface area contributed by atoms with E-state index < -0.39 is 0 Å². The lowest BCUT2D eigenvalue weighted by Gasteiger charge is -2.27. The van der Waals surface area contributed by atoms with Crippen LogP contribution in [0.25, 0.3) is 61.3 Å². The second-order valence-corrected chi connectivity index (χ2v) is 11.5. The second kappa shape index (κ2) is 10.1. The predicted octanol–water partition coefficient (Wildman–Crippen LogP) is 10.8. The van der Waals surface area contributed by atoms with E-state index in [1.165, 1.54) is 33.2 Å². The number of rotatable bonds is 4. The van der Waals surface area contributed by atoms with Crippen molar-refractivity contribution in [1.29, 1.82) is 0 Å². The van der Waals surface area contributed by atoms with Crippen LogP contribution in [-0.2, 0) is 6.54 Å². The molecule has 1 aliphatic heterocycles. The maximum Gasteiger partial charge on any atom is 0.141 e. The van der Waals surface area contributed by atoms with E-state index in [1.807, 2.05) is 0 Å². The smallest absolute Gasteiger partial charge is 0.141 e. The van der Waals surface area contributed by atoms with Gasteiger partial charge in [-0.15, -0.1) is 0 Å². The first-order valence-corrected chi connectivity index (χ1v) is 15.5. The van der Waals surface area contributed by atoms with Crippen LogP contribution in [0.2, 0.25) is 0 Å². The molecule has 0 unspecified atom stereocenters. The molecule has 0 spiro atoms. The van der Waals surface area contributed by atoms with Crippen LogP contribution in [0.1, 0.15) is 6.92 Å². The van der Waals surface area contributed by atoms with Crippen molar-refractivity contribution in [3.05, 3.63) is 152 Å². The molecule has 0 N–H and O–H groups in total. The molecule has 8 aromatic rings. The third-order valence-electron chi connectivity index (χ3n) is 9.07. The standard InChI is InChI=1S/C41H30N4/c1-2-43-38-22-11-8-19-35(38)42-41(43)29-13-12-16-31(27-29)45-36-20-9-6-17-32(36)33-24-23-28-25-26-44(30-14-4-3-5-15-30)40(28)39(33)34-18-7-10-21-37(34)45/h3-27H,2H2,1H3. The number of nitrogens with zero attached hydrogens (tertiary/aromatic N) is 4. The molecule has 0 aliphatic carbocycles. The lowest BCUT2D eigenvalue weighted by molar-refractivity contribution is 0.796. The average Bonchev–Trinajstić information content (AvgIpc) is 3.68. The first kappa shape index (κ1) is 25.6. The van der Waals surface area contributed by atoms with Gasteiger partial charge in [0.25, 0.3) is 0 Å². The van der Waals surface area contributed by atoms with Crippen molar-refractivity contribution >= 4 is 39.0 Å². The van der Waals surface area contributed by atoms with Gasteiger partial charge >= 0.3 is 0 Å². The minimum atomic E-state index is 0.849. The summed E-state index contributed by atoms with van der Waals surface area (Å²) >= 11 is 0. The molecule has 4 nitrogen and oxygen atoms in total. The Morgan fingerprint density at radius 3 is 2.13 bits per heavy atom. The van der Waals surface area contributed by atoms with E-state index >= 15 is 0 Å². The quantitative estimate of drug-likeness (QED) is 0.208. The van der Waals surface area contributed by atoms with Gasteiger partial charge < -0.3 is 14.0 Å². The van der Waals surface area contributed by atoms with Crippen molar-refractivity contribution in [2.45, 2.75) is 13.5 Å². The highest BCUT2D eigenvalue weighted by molar-refractivity contribution is 6.11. The summed E-state index contributed by atoms with van der Waals surface area (Å²) in [5.41, 5.74) is 13.9. The molecule has 0 fully saturated rings. The fraction of sp³-hybridized carbons (Fsp3) is 0.0488. The highest BCUT2D eigenvalue weighted by Gasteiger charge is 2.28. The topological polar surface area (TPSA) is 26.0 Å². The Hall–Kier alpha value is -5.87. The Morgan fingerprint density at radius 2 is 1.29 bits per heavy atom. The molecule has 0 saturated carbocycles. The minimum absolute atomic E-state index is 0.849. The fourth-order valence-electron chi connectivity index (χ4n) is 7.12. The first-order valence-electron chi connectivity index (χ1n) is 15.5. The van der Waals surface area contributed by atoms with Crippen LogP contribution in [0.5, 0.6) is 0 Å². The Balaban J connectivity index is 1.32. The van der Waals surface area contributed by atoms with Crippen LogP contribution >= 0.6 is 0 Å². The number of hydrogen-bond acceptors (Lipinski definition) is 2. The Bertz CT molecular complexity index is 2380. The predicted molar refractivity (Wildman–Crippen MR) is 187 cm³/mol. The number of imidazole rings is 1. The van der Waals surface area contributed by atoms with Crippen molar-refractivity contribution < 1.29 is 0 Å². The van der Waals surface area contributed by atoms with Crippen molar-refractivity contribution in [2.75, 3.05) is 4.90 Å². The van der Waals surface area contributed by atoms with Gasteiger partial charge in [-0.2, -0.15) is 0 Å². The Morgan fingerprint density at radius 1 is 0.578 bits per heavy atom. The summed E-state index contributed by atoms with van der Waals surface area (Å²) in [7, 11) is 0. The van der Waals surface area contributed by atoms with E-state index in [-0.39, 0.29) is 0 Å². The van der Waals surface area contributed by atoms with Crippen LogP contribution in [0.4, 0.5) is 17.1 Å². The van der Waals surface area contributed by atoms with Crippen molar-refractivity contribution in [2.24, 2.45) is 0 Å². The molecular formula is C41H30N4. The van der Waals surface area contributed by atoms with Crippen LogP contribution in [-0.4, -0.2) is 14.1 Å². The van der Waals surface area contributed by atoms with E-state index in [9.17, 15) is 0 Å². The molecule has 1 aliphatic rings. The zero-order valence-corrected chi connectivity index (χ0v) is 24.9. The van der Waals surface area contributed by atoms with Crippen molar-refractivity contribution in [3.8, 4) is 39.3 Å². The van der Waals surface area contributed by atoms with Gasteiger partial charge in [0.05, 0.1) is 27.9 Å². The summed E-state index contributed by atoms with van der Waals surface area (Å²) < 4.78 is 4.64. The van der Waals surface area contributed by atoms with Gasteiger partial charge in [0.1, 0.15) is 5.82 Å². The highest BCUT2D eigenvalue weighted by atomic mass is 15.2. The number of anilines is 3. The van der Waals surface area contributed by atoms with Gasteiger partial charge in [-0.3, -0.25) is 0 Å². The third kappa shape index (κ3) is 3.89. The Labute approximate surface area is 262 Å². The highest BCUT2D eigenvalue weighted by Crippen LogP contribution is 2.53. The molecule has 2 aromatic heterocycles. The van der Waals surface area contributed by atoms with E-state index in [0.717, 1.165) is 51.7 Å². The lowest BCUT2D eigenvalue weighted by atomic mass is 9.92. The zero-order chi connectivity index (χ0) is 29.9. The number of aromatic nitrogens is 3. The second-order valence-electron chi connectivity index (χ2n) is 11.5.